The molecule has 0 aliphatic carbocycles. The average Bonchev–Trinajstić information content (AvgIpc) is 2.46. The van der Waals surface area contributed by atoms with Crippen LogP contribution < -0.4 is 4.90 Å². The lowest BCUT2D eigenvalue weighted by Gasteiger charge is -2.24. The first kappa shape index (κ1) is 16.1. The molecule has 0 saturated heterocycles. The molecule has 0 aromatic heterocycles. The second-order valence-corrected chi connectivity index (χ2v) is 5.44. The van der Waals surface area contributed by atoms with Crippen molar-refractivity contribution in [3.8, 4) is 0 Å². The molecule has 1 rings (SSSR count). The summed E-state index contributed by atoms with van der Waals surface area (Å²) in [7, 11) is 0. The lowest BCUT2D eigenvalue weighted by molar-refractivity contribution is 0.582. The van der Waals surface area contributed by atoms with Crippen LogP contribution in [0, 0.1) is 0 Å². The van der Waals surface area contributed by atoms with Gasteiger partial charge < -0.3 is 4.90 Å². The standard InChI is InChI=1S/C18H31N/c1-3-5-6-7-8-9-13-17-19(16-4-2)18-14-11-10-12-15-18/h10-12,14-15H,3-9,13,16-17H2,1-2H3. The molecule has 1 heteroatoms. The van der Waals surface area contributed by atoms with Crippen LogP contribution in [-0.4, -0.2) is 13.1 Å². The highest BCUT2D eigenvalue weighted by Gasteiger charge is 2.03. The Kier molecular flexibility index (Phi) is 9.22. The van der Waals surface area contributed by atoms with Crippen molar-refractivity contribution in [1.29, 1.82) is 0 Å². The minimum Gasteiger partial charge on any atom is -0.372 e. The Labute approximate surface area is 120 Å². The molecule has 0 atom stereocenters. The predicted molar refractivity (Wildman–Crippen MR) is 86.9 cm³/mol. The molecule has 1 aromatic carbocycles. The summed E-state index contributed by atoms with van der Waals surface area (Å²) in [5.74, 6) is 0. The first-order valence-electron chi connectivity index (χ1n) is 8.18. The van der Waals surface area contributed by atoms with Gasteiger partial charge in [-0.05, 0) is 25.0 Å². The van der Waals surface area contributed by atoms with Crippen LogP contribution in [0.1, 0.15) is 65.2 Å². The summed E-state index contributed by atoms with van der Waals surface area (Å²) >= 11 is 0. The van der Waals surface area contributed by atoms with E-state index in [4.69, 9.17) is 0 Å². The summed E-state index contributed by atoms with van der Waals surface area (Å²) in [5.41, 5.74) is 1.38. The fourth-order valence-electron chi connectivity index (χ4n) is 2.54. The van der Waals surface area contributed by atoms with E-state index in [0.29, 0.717) is 0 Å². The minimum atomic E-state index is 1.18. The normalized spacial score (nSPS) is 10.6. The smallest absolute Gasteiger partial charge is 0.0366 e. The number of anilines is 1. The third kappa shape index (κ3) is 7.25. The highest BCUT2D eigenvalue weighted by Crippen LogP contribution is 2.15. The molecule has 1 aromatic rings. The first-order valence-corrected chi connectivity index (χ1v) is 8.18. The molecule has 0 saturated carbocycles. The van der Waals surface area contributed by atoms with Crippen molar-refractivity contribution < 1.29 is 0 Å². The zero-order valence-electron chi connectivity index (χ0n) is 12.9. The predicted octanol–water partition coefficient (Wildman–Crippen LogP) is 5.65. The second-order valence-electron chi connectivity index (χ2n) is 5.44. The monoisotopic (exact) mass is 261 g/mol. The maximum atomic E-state index is 2.53. The van der Waals surface area contributed by atoms with Gasteiger partial charge in [0.15, 0.2) is 0 Å². The molecular formula is C18H31N. The van der Waals surface area contributed by atoms with Gasteiger partial charge in [0.05, 0.1) is 0 Å². The second kappa shape index (κ2) is 10.9. The van der Waals surface area contributed by atoms with Crippen LogP contribution in [0.4, 0.5) is 5.69 Å². The van der Waals surface area contributed by atoms with Gasteiger partial charge in [0.25, 0.3) is 0 Å². The maximum Gasteiger partial charge on any atom is 0.0366 e. The molecule has 19 heavy (non-hydrogen) atoms. The molecule has 0 radical (unpaired) electrons. The molecule has 1 nitrogen and oxygen atoms in total. The van der Waals surface area contributed by atoms with Crippen LogP contribution >= 0.6 is 0 Å². The molecule has 0 spiro atoms. The van der Waals surface area contributed by atoms with Gasteiger partial charge in [-0.2, -0.15) is 0 Å². The number of para-hydroxylation sites is 1. The molecule has 0 unspecified atom stereocenters. The number of unbranched alkanes of at least 4 members (excludes halogenated alkanes) is 6. The van der Waals surface area contributed by atoms with E-state index in [2.05, 4.69) is 49.1 Å². The van der Waals surface area contributed by atoms with E-state index >= 15 is 0 Å². The third-order valence-electron chi connectivity index (χ3n) is 3.65. The van der Waals surface area contributed by atoms with E-state index in [0.717, 1.165) is 0 Å². The van der Waals surface area contributed by atoms with Crippen molar-refractivity contribution in [2.24, 2.45) is 0 Å². The number of rotatable bonds is 11. The van der Waals surface area contributed by atoms with E-state index in [1.54, 1.807) is 0 Å². The lowest BCUT2D eigenvalue weighted by atomic mass is 10.1. The summed E-state index contributed by atoms with van der Waals surface area (Å²) in [5, 5.41) is 0. The van der Waals surface area contributed by atoms with Gasteiger partial charge >= 0.3 is 0 Å². The molecular weight excluding hydrogens is 230 g/mol. The summed E-state index contributed by atoms with van der Waals surface area (Å²) < 4.78 is 0. The zero-order chi connectivity index (χ0) is 13.8. The van der Waals surface area contributed by atoms with E-state index in [1.807, 2.05) is 0 Å². The van der Waals surface area contributed by atoms with Crippen molar-refractivity contribution in [2.45, 2.75) is 65.2 Å². The number of hydrogen-bond acceptors (Lipinski definition) is 1. The van der Waals surface area contributed by atoms with Crippen molar-refractivity contribution >= 4 is 5.69 Å². The molecule has 0 bridgehead atoms. The highest BCUT2D eigenvalue weighted by molar-refractivity contribution is 5.45. The Bertz CT molecular complexity index is 294. The number of nitrogens with zero attached hydrogens (tertiary/aromatic N) is 1. The molecule has 0 aliphatic rings. The van der Waals surface area contributed by atoms with Crippen molar-refractivity contribution in [2.75, 3.05) is 18.0 Å². The fourth-order valence-corrected chi connectivity index (χ4v) is 2.54. The van der Waals surface area contributed by atoms with Gasteiger partial charge in [0.1, 0.15) is 0 Å². The summed E-state index contributed by atoms with van der Waals surface area (Å²) in [6, 6.07) is 10.8. The number of hydrogen-bond donors (Lipinski definition) is 0. The highest BCUT2D eigenvalue weighted by atomic mass is 15.1. The Morgan fingerprint density at radius 3 is 1.95 bits per heavy atom. The topological polar surface area (TPSA) is 3.24 Å². The van der Waals surface area contributed by atoms with Crippen LogP contribution in [0.25, 0.3) is 0 Å². The van der Waals surface area contributed by atoms with Crippen LogP contribution in [0.15, 0.2) is 30.3 Å². The van der Waals surface area contributed by atoms with Gasteiger partial charge in [0, 0.05) is 18.8 Å². The summed E-state index contributed by atoms with van der Waals surface area (Å²) in [6.07, 6.45) is 11.0. The Balaban J connectivity index is 2.20. The van der Waals surface area contributed by atoms with Gasteiger partial charge in [-0.25, -0.2) is 0 Å². The van der Waals surface area contributed by atoms with Gasteiger partial charge in [-0.15, -0.1) is 0 Å². The van der Waals surface area contributed by atoms with Gasteiger partial charge in [-0.3, -0.25) is 0 Å². The van der Waals surface area contributed by atoms with Crippen LogP contribution in [0.2, 0.25) is 0 Å². The number of benzene rings is 1. The average molecular weight is 261 g/mol. The Morgan fingerprint density at radius 1 is 0.684 bits per heavy atom. The van der Waals surface area contributed by atoms with Crippen LogP contribution in [0.5, 0.6) is 0 Å². The third-order valence-corrected chi connectivity index (χ3v) is 3.65. The van der Waals surface area contributed by atoms with Crippen molar-refractivity contribution in [1.82, 2.24) is 0 Å². The van der Waals surface area contributed by atoms with Gasteiger partial charge in [-0.1, -0.05) is 70.6 Å². The van der Waals surface area contributed by atoms with Crippen LogP contribution in [-0.2, 0) is 0 Å². The molecule has 0 heterocycles. The van der Waals surface area contributed by atoms with Crippen molar-refractivity contribution in [3.63, 3.8) is 0 Å². The Hall–Kier alpha value is -0.980. The van der Waals surface area contributed by atoms with Crippen LogP contribution in [0.3, 0.4) is 0 Å². The maximum absolute atomic E-state index is 2.53. The molecule has 0 N–H and O–H groups in total. The molecule has 0 fully saturated rings. The van der Waals surface area contributed by atoms with E-state index in [9.17, 15) is 0 Å². The van der Waals surface area contributed by atoms with E-state index < -0.39 is 0 Å². The fraction of sp³-hybridized carbons (Fsp3) is 0.667. The van der Waals surface area contributed by atoms with Crippen molar-refractivity contribution in [3.05, 3.63) is 30.3 Å². The van der Waals surface area contributed by atoms with Gasteiger partial charge in [0.2, 0.25) is 0 Å². The molecule has 0 amide bonds. The first-order chi connectivity index (χ1) is 9.38. The SMILES string of the molecule is CCCCCCCCCN(CCC)c1ccccc1. The summed E-state index contributed by atoms with van der Waals surface area (Å²) in [4.78, 5) is 2.53. The largest absolute Gasteiger partial charge is 0.372 e. The van der Waals surface area contributed by atoms with E-state index in [-0.39, 0.29) is 0 Å². The molecule has 0 aliphatic heterocycles. The quantitative estimate of drug-likeness (QED) is 0.465. The molecule has 108 valence electrons. The summed E-state index contributed by atoms with van der Waals surface area (Å²) in [6.45, 7) is 6.94. The van der Waals surface area contributed by atoms with E-state index in [1.165, 1.54) is 70.1 Å². The lowest BCUT2D eigenvalue weighted by Crippen LogP contribution is -2.25. The minimum absolute atomic E-state index is 1.18. The Morgan fingerprint density at radius 2 is 1.32 bits per heavy atom. The zero-order valence-corrected chi connectivity index (χ0v) is 12.9.